The van der Waals surface area contributed by atoms with Gasteiger partial charge < -0.3 is 15.5 Å². The van der Waals surface area contributed by atoms with Gasteiger partial charge in [0.05, 0.1) is 11.5 Å². The minimum absolute atomic E-state index is 0.344. The van der Waals surface area contributed by atoms with Gasteiger partial charge in [-0.25, -0.2) is 0 Å². The third-order valence-electron chi connectivity index (χ3n) is 4.51. The maximum Gasteiger partial charge on any atom is 0.312 e. The molecule has 0 amide bonds. The second kappa shape index (κ2) is 7.05. The van der Waals surface area contributed by atoms with E-state index in [1.165, 1.54) is 0 Å². The average Bonchev–Trinajstić information content (AvgIpc) is 2.48. The molecule has 0 aliphatic heterocycles. The summed E-state index contributed by atoms with van der Waals surface area (Å²) in [5.74, 6) is -0.725. The molecule has 1 aliphatic rings. The van der Waals surface area contributed by atoms with E-state index >= 15 is 0 Å². The predicted octanol–water partition coefficient (Wildman–Crippen LogP) is 2.39. The highest BCUT2D eigenvalue weighted by Crippen LogP contribution is 2.31. The third-order valence-corrected chi connectivity index (χ3v) is 4.51. The molecule has 116 valence electrons. The smallest absolute Gasteiger partial charge is 0.312 e. The van der Waals surface area contributed by atoms with Gasteiger partial charge >= 0.3 is 5.97 Å². The van der Waals surface area contributed by atoms with Crippen LogP contribution in [-0.4, -0.2) is 34.9 Å². The molecule has 0 heterocycles. The molecular weight excluding hydrogens is 266 g/mol. The molecule has 1 aliphatic carbocycles. The van der Waals surface area contributed by atoms with Crippen molar-refractivity contribution < 1.29 is 15.0 Å². The largest absolute Gasteiger partial charge is 0.481 e. The zero-order valence-corrected chi connectivity index (χ0v) is 12.6. The van der Waals surface area contributed by atoms with Crippen molar-refractivity contribution in [3.63, 3.8) is 0 Å². The van der Waals surface area contributed by atoms with Crippen LogP contribution in [0.3, 0.4) is 0 Å². The Balaban J connectivity index is 1.87. The van der Waals surface area contributed by atoms with Crippen LogP contribution < -0.4 is 5.32 Å². The topological polar surface area (TPSA) is 69.6 Å². The number of nitrogens with one attached hydrogen (secondary N) is 1. The van der Waals surface area contributed by atoms with Gasteiger partial charge in [-0.3, -0.25) is 4.79 Å². The highest BCUT2D eigenvalue weighted by Gasteiger charge is 2.31. The lowest BCUT2D eigenvalue weighted by molar-refractivity contribution is -0.138. The number of carbonyl (C=O) groups is 1. The number of hydrogen-bond donors (Lipinski definition) is 3. The molecule has 0 bridgehead atoms. The Morgan fingerprint density at radius 3 is 2.52 bits per heavy atom. The maximum atomic E-state index is 11.4. The fourth-order valence-electron chi connectivity index (χ4n) is 2.96. The minimum Gasteiger partial charge on any atom is -0.481 e. The Morgan fingerprint density at radius 1 is 1.33 bits per heavy atom. The predicted molar refractivity (Wildman–Crippen MR) is 82.3 cm³/mol. The lowest BCUT2D eigenvalue weighted by Crippen LogP contribution is -2.44. The van der Waals surface area contributed by atoms with Crippen molar-refractivity contribution in [1.82, 2.24) is 5.32 Å². The monoisotopic (exact) mass is 291 g/mol. The molecule has 1 atom stereocenters. The summed E-state index contributed by atoms with van der Waals surface area (Å²) >= 11 is 0. The van der Waals surface area contributed by atoms with E-state index in [0.717, 1.165) is 31.2 Å². The SMILES string of the molecule is CC1CCC(O)(CNCC(C(=O)O)c2ccccc2)CC1. The Kier molecular flexibility index (Phi) is 5.37. The van der Waals surface area contributed by atoms with Gasteiger partial charge in [-0.15, -0.1) is 0 Å². The zero-order chi connectivity index (χ0) is 15.3. The van der Waals surface area contributed by atoms with Crippen molar-refractivity contribution in [2.24, 2.45) is 5.92 Å². The average molecular weight is 291 g/mol. The molecule has 0 aromatic heterocycles. The summed E-state index contributed by atoms with van der Waals surface area (Å²) in [5, 5.41) is 23.0. The second-order valence-electron chi connectivity index (χ2n) is 6.34. The van der Waals surface area contributed by atoms with Gasteiger partial charge in [-0.05, 0) is 37.2 Å². The number of aliphatic hydroxyl groups is 1. The van der Waals surface area contributed by atoms with Crippen LogP contribution in [0.25, 0.3) is 0 Å². The summed E-state index contributed by atoms with van der Waals surface area (Å²) in [6.07, 6.45) is 3.67. The summed E-state index contributed by atoms with van der Waals surface area (Å²) < 4.78 is 0. The van der Waals surface area contributed by atoms with Crippen LogP contribution in [0, 0.1) is 5.92 Å². The molecule has 1 unspecified atom stereocenters. The molecule has 0 spiro atoms. The van der Waals surface area contributed by atoms with Crippen molar-refractivity contribution in [1.29, 1.82) is 0 Å². The molecule has 1 aromatic carbocycles. The Morgan fingerprint density at radius 2 is 1.95 bits per heavy atom. The Labute approximate surface area is 126 Å². The van der Waals surface area contributed by atoms with Crippen molar-refractivity contribution in [3.8, 4) is 0 Å². The van der Waals surface area contributed by atoms with Gasteiger partial charge in [0.2, 0.25) is 0 Å². The molecule has 4 nitrogen and oxygen atoms in total. The van der Waals surface area contributed by atoms with E-state index in [1.807, 2.05) is 30.3 Å². The van der Waals surface area contributed by atoms with E-state index in [1.54, 1.807) is 0 Å². The van der Waals surface area contributed by atoms with Gasteiger partial charge in [0.1, 0.15) is 0 Å². The van der Waals surface area contributed by atoms with Gasteiger partial charge in [0, 0.05) is 13.1 Å². The molecule has 1 saturated carbocycles. The summed E-state index contributed by atoms with van der Waals surface area (Å²) in [6.45, 7) is 3.02. The molecular formula is C17H25NO3. The third kappa shape index (κ3) is 4.55. The first kappa shape index (κ1) is 16.0. The van der Waals surface area contributed by atoms with Gasteiger partial charge in [0.15, 0.2) is 0 Å². The summed E-state index contributed by atoms with van der Waals surface area (Å²) in [7, 11) is 0. The van der Waals surface area contributed by atoms with Crippen LogP contribution in [0.1, 0.15) is 44.1 Å². The van der Waals surface area contributed by atoms with E-state index in [9.17, 15) is 15.0 Å². The molecule has 1 aromatic rings. The van der Waals surface area contributed by atoms with Crippen LogP contribution in [0.4, 0.5) is 0 Å². The molecule has 4 heteroatoms. The maximum absolute atomic E-state index is 11.4. The summed E-state index contributed by atoms with van der Waals surface area (Å²) in [6, 6.07) is 9.24. The number of benzene rings is 1. The number of aliphatic carboxylic acids is 1. The van der Waals surface area contributed by atoms with E-state index in [0.29, 0.717) is 19.0 Å². The first-order valence-corrected chi connectivity index (χ1v) is 7.71. The number of rotatable bonds is 6. The van der Waals surface area contributed by atoms with E-state index < -0.39 is 17.5 Å². The minimum atomic E-state index is -0.835. The van der Waals surface area contributed by atoms with Crippen molar-refractivity contribution in [2.45, 2.75) is 44.1 Å². The zero-order valence-electron chi connectivity index (χ0n) is 12.6. The lowest BCUT2D eigenvalue weighted by Gasteiger charge is -2.35. The van der Waals surface area contributed by atoms with Crippen LogP contribution in [0.15, 0.2) is 30.3 Å². The molecule has 0 radical (unpaired) electrons. The van der Waals surface area contributed by atoms with Crippen LogP contribution >= 0.6 is 0 Å². The van der Waals surface area contributed by atoms with E-state index in [-0.39, 0.29) is 0 Å². The number of hydrogen-bond acceptors (Lipinski definition) is 3. The van der Waals surface area contributed by atoms with Crippen molar-refractivity contribution in [2.75, 3.05) is 13.1 Å². The van der Waals surface area contributed by atoms with E-state index in [4.69, 9.17) is 0 Å². The van der Waals surface area contributed by atoms with Gasteiger partial charge in [-0.1, -0.05) is 37.3 Å². The fraction of sp³-hybridized carbons (Fsp3) is 0.588. The fourth-order valence-corrected chi connectivity index (χ4v) is 2.96. The summed E-state index contributed by atoms with van der Waals surface area (Å²) in [4.78, 5) is 11.4. The number of carboxylic acid groups (broad SMARTS) is 1. The van der Waals surface area contributed by atoms with Crippen LogP contribution in [-0.2, 0) is 4.79 Å². The van der Waals surface area contributed by atoms with Gasteiger partial charge in [0.25, 0.3) is 0 Å². The summed E-state index contributed by atoms with van der Waals surface area (Å²) in [5.41, 5.74) is 0.119. The normalized spacial score (nSPS) is 27.2. The Bertz CT molecular complexity index is 452. The highest BCUT2D eigenvalue weighted by molar-refractivity contribution is 5.76. The first-order valence-electron chi connectivity index (χ1n) is 7.71. The van der Waals surface area contributed by atoms with E-state index in [2.05, 4.69) is 12.2 Å². The van der Waals surface area contributed by atoms with Crippen molar-refractivity contribution in [3.05, 3.63) is 35.9 Å². The molecule has 0 saturated heterocycles. The lowest BCUT2D eigenvalue weighted by atomic mass is 9.79. The van der Waals surface area contributed by atoms with Crippen molar-refractivity contribution >= 4 is 5.97 Å². The standard InChI is InChI=1S/C17H25NO3/c1-13-7-9-17(21,10-8-13)12-18-11-15(16(19)20)14-5-3-2-4-6-14/h2-6,13,15,18,21H,7-12H2,1H3,(H,19,20). The molecule has 1 fully saturated rings. The number of carboxylic acids is 1. The van der Waals surface area contributed by atoms with Crippen LogP contribution in [0.5, 0.6) is 0 Å². The Hall–Kier alpha value is -1.39. The van der Waals surface area contributed by atoms with Crippen LogP contribution in [0.2, 0.25) is 0 Å². The van der Waals surface area contributed by atoms with Gasteiger partial charge in [-0.2, -0.15) is 0 Å². The highest BCUT2D eigenvalue weighted by atomic mass is 16.4. The molecule has 21 heavy (non-hydrogen) atoms. The molecule has 2 rings (SSSR count). The quantitative estimate of drug-likeness (QED) is 0.752. The molecule has 3 N–H and O–H groups in total. The second-order valence-corrected chi connectivity index (χ2v) is 6.34. The first-order chi connectivity index (χ1) is 10.0.